The van der Waals surface area contributed by atoms with Crippen LogP contribution in [0.15, 0.2) is 71.5 Å². The predicted molar refractivity (Wildman–Crippen MR) is 80.4 cm³/mol. The van der Waals surface area contributed by atoms with Crippen molar-refractivity contribution in [1.29, 1.82) is 0 Å². The Bertz CT molecular complexity index is 890. The highest BCUT2D eigenvalue weighted by atomic mass is 16.3. The first-order valence-electron chi connectivity index (χ1n) is 6.62. The Morgan fingerprint density at radius 3 is 2.52 bits per heavy atom. The molecule has 0 aliphatic carbocycles. The van der Waals surface area contributed by atoms with E-state index in [9.17, 15) is 5.11 Å². The molecule has 0 spiro atoms. The molecule has 0 aliphatic rings. The molecule has 0 bridgehead atoms. The van der Waals surface area contributed by atoms with Crippen molar-refractivity contribution in [3.8, 4) is 22.8 Å². The summed E-state index contributed by atoms with van der Waals surface area (Å²) in [6.45, 7) is 0. The number of para-hydroxylation sites is 2. The topological polar surface area (TPSA) is 51.2 Å². The summed E-state index contributed by atoms with van der Waals surface area (Å²) < 4.78 is 7.24. The monoisotopic (exact) mass is 276 g/mol. The third-order valence-electron chi connectivity index (χ3n) is 3.45. The van der Waals surface area contributed by atoms with Gasteiger partial charge in [-0.2, -0.15) is 0 Å². The van der Waals surface area contributed by atoms with Crippen molar-refractivity contribution < 1.29 is 9.52 Å². The maximum Gasteiger partial charge on any atom is 0.148 e. The van der Waals surface area contributed by atoms with Gasteiger partial charge >= 0.3 is 0 Å². The molecule has 4 aromatic rings. The van der Waals surface area contributed by atoms with Crippen LogP contribution in [0, 0.1) is 0 Å². The SMILES string of the molecule is Oc1ccc(-n2c(-c3ccoc3)nc3ccccc32)cc1. The number of nitrogens with zero attached hydrogens (tertiary/aromatic N) is 2. The largest absolute Gasteiger partial charge is 0.508 e. The zero-order valence-electron chi connectivity index (χ0n) is 11.1. The highest BCUT2D eigenvalue weighted by Gasteiger charge is 2.14. The molecule has 21 heavy (non-hydrogen) atoms. The van der Waals surface area contributed by atoms with Crippen LogP contribution >= 0.6 is 0 Å². The van der Waals surface area contributed by atoms with E-state index in [1.807, 2.05) is 42.5 Å². The molecule has 2 aromatic heterocycles. The summed E-state index contributed by atoms with van der Waals surface area (Å²) in [4.78, 5) is 4.69. The molecule has 4 rings (SSSR count). The molecule has 2 aromatic carbocycles. The number of phenolic OH excluding ortho intramolecular Hbond substituents is 1. The number of aromatic nitrogens is 2. The van der Waals surface area contributed by atoms with Crippen molar-refractivity contribution in [3.63, 3.8) is 0 Å². The minimum Gasteiger partial charge on any atom is -0.508 e. The molecule has 0 fully saturated rings. The van der Waals surface area contributed by atoms with Crippen molar-refractivity contribution in [2.75, 3.05) is 0 Å². The summed E-state index contributed by atoms with van der Waals surface area (Å²) in [5.74, 6) is 1.06. The summed E-state index contributed by atoms with van der Waals surface area (Å²) in [6.07, 6.45) is 3.31. The summed E-state index contributed by atoms with van der Waals surface area (Å²) in [5, 5.41) is 9.48. The number of fused-ring (bicyclic) bond motifs is 1. The second-order valence-corrected chi connectivity index (χ2v) is 4.79. The molecule has 2 heterocycles. The molecule has 4 heteroatoms. The molecule has 0 saturated heterocycles. The van der Waals surface area contributed by atoms with Gasteiger partial charge in [-0.1, -0.05) is 12.1 Å². The van der Waals surface area contributed by atoms with Gasteiger partial charge in [0.25, 0.3) is 0 Å². The zero-order valence-corrected chi connectivity index (χ0v) is 11.1. The fraction of sp³-hybridized carbons (Fsp3) is 0. The van der Waals surface area contributed by atoms with Gasteiger partial charge in [0.1, 0.15) is 17.8 Å². The molecule has 0 atom stereocenters. The summed E-state index contributed by atoms with van der Waals surface area (Å²) in [6, 6.07) is 16.9. The Hall–Kier alpha value is -3.01. The van der Waals surface area contributed by atoms with Crippen LogP contribution in [-0.4, -0.2) is 14.7 Å². The van der Waals surface area contributed by atoms with Crippen LogP contribution in [0.3, 0.4) is 0 Å². The van der Waals surface area contributed by atoms with E-state index in [2.05, 4.69) is 4.57 Å². The highest BCUT2D eigenvalue weighted by Crippen LogP contribution is 2.29. The van der Waals surface area contributed by atoms with Gasteiger partial charge in [0.2, 0.25) is 0 Å². The molecule has 1 N–H and O–H groups in total. The average molecular weight is 276 g/mol. The number of phenols is 1. The second kappa shape index (κ2) is 4.52. The van der Waals surface area contributed by atoms with Crippen LogP contribution in [0.1, 0.15) is 0 Å². The molecule has 0 amide bonds. The number of imidazole rings is 1. The maximum atomic E-state index is 9.48. The van der Waals surface area contributed by atoms with Crippen molar-refractivity contribution in [2.45, 2.75) is 0 Å². The number of rotatable bonds is 2. The van der Waals surface area contributed by atoms with E-state index >= 15 is 0 Å². The first kappa shape index (κ1) is 11.8. The normalized spacial score (nSPS) is 11.0. The number of hydrogen-bond donors (Lipinski definition) is 1. The Balaban J connectivity index is 2.05. The van der Waals surface area contributed by atoms with Gasteiger partial charge in [-0.15, -0.1) is 0 Å². The molecular formula is C17H12N2O2. The lowest BCUT2D eigenvalue weighted by Crippen LogP contribution is -1.96. The first-order chi connectivity index (χ1) is 10.3. The van der Waals surface area contributed by atoms with Gasteiger partial charge in [0.05, 0.1) is 22.9 Å². The van der Waals surface area contributed by atoms with Crippen molar-refractivity contribution >= 4 is 11.0 Å². The van der Waals surface area contributed by atoms with Gasteiger partial charge in [-0.05, 0) is 42.5 Å². The van der Waals surface area contributed by atoms with Crippen LogP contribution < -0.4 is 0 Å². The maximum absolute atomic E-state index is 9.48. The third-order valence-corrected chi connectivity index (χ3v) is 3.45. The Morgan fingerprint density at radius 1 is 0.952 bits per heavy atom. The second-order valence-electron chi connectivity index (χ2n) is 4.79. The fourth-order valence-corrected chi connectivity index (χ4v) is 2.47. The number of aromatic hydroxyl groups is 1. The van der Waals surface area contributed by atoms with Gasteiger partial charge in [0, 0.05) is 5.69 Å². The van der Waals surface area contributed by atoms with Crippen LogP contribution in [0.5, 0.6) is 5.75 Å². The van der Waals surface area contributed by atoms with Crippen LogP contribution in [-0.2, 0) is 0 Å². The predicted octanol–water partition coefficient (Wildman–Crippen LogP) is 3.99. The Labute approximate surface area is 120 Å². The van der Waals surface area contributed by atoms with Crippen molar-refractivity contribution in [2.24, 2.45) is 0 Å². The molecule has 4 nitrogen and oxygen atoms in total. The fourth-order valence-electron chi connectivity index (χ4n) is 2.47. The smallest absolute Gasteiger partial charge is 0.148 e. The summed E-state index contributed by atoms with van der Waals surface area (Å²) in [5.41, 5.74) is 3.79. The Kier molecular flexibility index (Phi) is 2.54. The Morgan fingerprint density at radius 2 is 1.76 bits per heavy atom. The number of benzene rings is 2. The van der Waals surface area contributed by atoms with Crippen molar-refractivity contribution in [1.82, 2.24) is 9.55 Å². The lowest BCUT2D eigenvalue weighted by Gasteiger charge is -2.08. The lowest BCUT2D eigenvalue weighted by atomic mass is 10.2. The average Bonchev–Trinajstić information content (AvgIpc) is 3.15. The van der Waals surface area contributed by atoms with E-state index in [-0.39, 0.29) is 5.75 Å². The van der Waals surface area contributed by atoms with E-state index < -0.39 is 0 Å². The molecular weight excluding hydrogens is 264 g/mol. The third kappa shape index (κ3) is 1.89. The number of furan rings is 1. The standard InChI is InChI=1S/C17H12N2O2/c20-14-7-5-13(6-8-14)19-16-4-2-1-3-15(16)18-17(19)12-9-10-21-11-12/h1-11,20H. The van der Waals surface area contributed by atoms with Gasteiger partial charge in [-0.25, -0.2) is 4.98 Å². The van der Waals surface area contributed by atoms with Gasteiger partial charge < -0.3 is 9.52 Å². The number of hydrogen-bond acceptors (Lipinski definition) is 3. The van der Waals surface area contributed by atoms with Crippen molar-refractivity contribution in [3.05, 3.63) is 67.1 Å². The van der Waals surface area contributed by atoms with E-state index in [0.29, 0.717) is 0 Å². The summed E-state index contributed by atoms with van der Waals surface area (Å²) >= 11 is 0. The van der Waals surface area contributed by atoms with E-state index in [4.69, 9.17) is 9.40 Å². The quantitative estimate of drug-likeness (QED) is 0.602. The lowest BCUT2D eigenvalue weighted by molar-refractivity contribution is 0.475. The van der Waals surface area contributed by atoms with Gasteiger partial charge in [0.15, 0.2) is 0 Å². The first-order valence-corrected chi connectivity index (χ1v) is 6.62. The van der Waals surface area contributed by atoms with Crippen LogP contribution in [0.2, 0.25) is 0 Å². The van der Waals surface area contributed by atoms with Crippen LogP contribution in [0.25, 0.3) is 28.1 Å². The molecule has 0 aliphatic heterocycles. The van der Waals surface area contributed by atoms with E-state index in [0.717, 1.165) is 28.1 Å². The molecule has 0 unspecified atom stereocenters. The molecule has 0 radical (unpaired) electrons. The highest BCUT2D eigenvalue weighted by molar-refractivity contribution is 5.83. The zero-order chi connectivity index (χ0) is 14.2. The van der Waals surface area contributed by atoms with Crippen LogP contribution in [0.4, 0.5) is 0 Å². The summed E-state index contributed by atoms with van der Waals surface area (Å²) in [7, 11) is 0. The van der Waals surface area contributed by atoms with Gasteiger partial charge in [-0.3, -0.25) is 4.57 Å². The van der Waals surface area contributed by atoms with E-state index in [1.54, 1.807) is 24.7 Å². The molecule has 0 saturated carbocycles. The minimum absolute atomic E-state index is 0.244. The molecule has 102 valence electrons. The van der Waals surface area contributed by atoms with E-state index in [1.165, 1.54) is 0 Å². The minimum atomic E-state index is 0.244.